The van der Waals surface area contributed by atoms with E-state index in [4.69, 9.17) is 10.5 Å². The van der Waals surface area contributed by atoms with E-state index in [2.05, 4.69) is 14.8 Å². The van der Waals surface area contributed by atoms with Crippen LogP contribution in [0.2, 0.25) is 0 Å². The largest absolute Gasteiger partial charge is 0.381 e. The first-order chi connectivity index (χ1) is 7.31. The second kappa shape index (κ2) is 4.72. The number of hydrogen-bond donors (Lipinski definition) is 1. The molecule has 1 atom stereocenters. The van der Waals surface area contributed by atoms with E-state index in [1.54, 1.807) is 0 Å². The molecule has 1 aromatic heterocycles. The van der Waals surface area contributed by atoms with E-state index < -0.39 is 0 Å². The molecule has 5 nitrogen and oxygen atoms in total. The molecule has 0 fully saturated rings. The Bertz CT molecular complexity index is 323. The van der Waals surface area contributed by atoms with Gasteiger partial charge < -0.3 is 15.0 Å². The summed E-state index contributed by atoms with van der Waals surface area (Å²) >= 11 is 0. The second-order valence-electron chi connectivity index (χ2n) is 3.89. The second-order valence-corrected chi connectivity index (χ2v) is 3.89. The molecular weight excluding hydrogens is 192 g/mol. The average molecular weight is 210 g/mol. The molecule has 2 N–H and O–H groups in total. The summed E-state index contributed by atoms with van der Waals surface area (Å²) in [5.41, 5.74) is 5.92. The summed E-state index contributed by atoms with van der Waals surface area (Å²) in [6, 6.07) is 0.249. The lowest BCUT2D eigenvalue weighted by Crippen LogP contribution is -2.32. The van der Waals surface area contributed by atoms with Crippen LogP contribution in [0.5, 0.6) is 0 Å². The molecule has 0 radical (unpaired) electrons. The lowest BCUT2D eigenvalue weighted by Gasteiger charge is -2.20. The maximum Gasteiger partial charge on any atom is 0.135 e. The molecule has 1 aromatic rings. The van der Waals surface area contributed by atoms with Gasteiger partial charge in [-0.25, -0.2) is 0 Å². The molecule has 84 valence electrons. The standard InChI is InChI=1S/C10H18N4O/c1-2-15-6-5-10-13-12-9-4-3-8(11)7-14(9)10/h8H,2-7,11H2,1H3. The number of nitrogens with zero attached hydrogens (tertiary/aromatic N) is 3. The third kappa shape index (κ3) is 2.35. The van der Waals surface area contributed by atoms with E-state index in [9.17, 15) is 0 Å². The van der Waals surface area contributed by atoms with Crippen LogP contribution in [0.3, 0.4) is 0 Å². The van der Waals surface area contributed by atoms with Crippen LogP contribution in [0.4, 0.5) is 0 Å². The SMILES string of the molecule is CCOCCc1nnc2n1CC(N)CC2. The van der Waals surface area contributed by atoms with Crippen LogP contribution in [0.25, 0.3) is 0 Å². The predicted molar refractivity (Wildman–Crippen MR) is 56.5 cm³/mol. The van der Waals surface area contributed by atoms with Crippen molar-refractivity contribution in [3.63, 3.8) is 0 Å². The van der Waals surface area contributed by atoms with Gasteiger partial charge in [-0.05, 0) is 13.3 Å². The smallest absolute Gasteiger partial charge is 0.135 e. The van der Waals surface area contributed by atoms with Gasteiger partial charge in [-0.2, -0.15) is 0 Å². The number of aromatic nitrogens is 3. The van der Waals surface area contributed by atoms with Gasteiger partial charge in [-0.15, -0.1) is 10.2 Å². The molecule has 0 amide bonds. The van der Waals surface area contributed by atoms with Gasteiger partial charge in [0.1, 0.15) is 11.6 Å². The fourth-order valence-electron chi connectivity index (χ4n) is 1.90. The average Bonchev–Trinajstić information content (AvgIpc) is 2.62. The van der Waals surface area contributed by atoms with Crippen LogP contribution in [-0.2, 0) is 24.1 Å². The third-order valence-corrected chi connectivity index (χ3v) is 2.73. The summed E-state index contributed by atoms with van der Waals surface area (Å²) < 4.78 is 7.46. The summed E-state index contributed by atoms with van der Waals surface area (Å²) in [5, 5.41) is 8.35. The van der Waals surface area contributed by atoms with Crippen LogP contribution in [-0.4, -0.2) is 34.0 Å². The number of fused-ring (bicyclic) bond motifs is 1. The Kier molecular flexibility index (Phi) is 3.33. The predicted octanol–water partition coefficient (Wildman–Crippen LogP) is 0.131. The molecule has 0 aromatic carbocycles. The van der Waals surface area contributed by atoms with Crippen LogP contribution in [0.1, 0.15) is 25.0 Å². The molecule has 1 unspecified atom stereocenters. The topological polar surface area (TPSA) is 66.0 Å². The lowest BCUT2D eigenvalue weighted by molar-refractivity contribution is 0.148. The maximum absolute atomic E-state index is 5.92. The minimum absolute atomic E-state index is 0.249. The highest BCUT2D eigenvalue weighted by Crippen LogP contribution is 2.13. The number of hydrogen-bond acceptors (Lipinski definition) is 4. The highest BCUT2D eigenvalue weighted by Gasteiger charge is 2.19. The van der Waals surface area contributed by atoms with Crippen LogP contribution < -0.4 is 5.73 Å². The van der Waals surface area contributed by atoms with Crippen LogP contribution >= 0.6 is 0 Å². The zero-order chi connectivity index (χ0) is 10.7. The molecule has 2 rings (SSSR count). The number of nitrogens with two attached hydrogens (primary N) is 1. The van der Waals surface area contributed by atoms with Crippen molar-refractivity contribution >= 4 is 0 Å². The monoisotopic (exact) mass is 210 g/mol. The van der Waals surface area contributed by atoms with Crippen LogP contribution in [0, 0.1) is 0 Å². The highest BCUT2D eigenvalue weighted by molar-refractivity contribution is 5.01. The van der Waals surface area contributed by atoms with Crippen molar-refractivity contribution in [3.05, 3.63) is 11.6 Å². The first kappa shape index (κ1) is 10.6. The van der Waals surface area contributed by atoms with E-state index >= 15 is 0 Å². The van der Waals surface area contributed by atoms with Crippen molar-refractivity contribution in [1.82, 2.24) is 14.8 Å². The van der Waals surface area contributed by atoms with E-state index in [1.165, 1.54) is 0 Å². The Morgan fingerprint density at radius 3 is 3.20 bits per heavy atom. The molecule has 1 aliphatic heterocycles. The zero-order valence-corrected chi connectivity index (χ0v) is 9.15. The van der Waals surface area contributed by atoms with Crippen molar-refractivity contribution in [1.29, 1.82) is 0 Å². The molecule has 0 bridgehead atoms. The van der Waals surface area contributed by atoms with Gasteiger partial charge in [0.25, 0.3) is 0 Å². The first-order valence-corrected chi connectivity index (χ1v) is 5.55. The summed E-state index contributed by atoms with van der Waals surface area (Å²) in [4.78, 5) is 0. The van der Waals surface area contributed by atoms with Crippen molar-refractivity contribution in [2.45, 2.75) is 38.8 Å². The Balaban J connectivity index is 2.02. The summed E-state index contributed by atoms with van der Waals surface area (Å²) in [7, 11) is 0. The minimum atomic E-state index is 0.249. The van der Waals surface area contributed by atoms with Gasteiger partial charge in [-0.1, -0.05) is 0 Å². The van der Waals surface area contributed by atoms with Crippen molar-refractivity contribution in [2.24, 2.45) is 5.73 Å². The lowest BCUT2D eigenvalue weighted by atomic mass is 10.1. The number of aryl methyl sites for hydroxylation is 1. The van der Waals surface area contributed by atoms with E-state index in [0.717, 1.165) is 44.1 Å². The van der Waals surface area contributed by atoms with Crippen molar-refractivity contribution in [2.75, 3.05) is 13.2 Å². The van der Waals surface area contributed by atoms with Gasteiger partial charge in [0, 0.05) is 32.0 Å². The molecule has 1 aliphatic rings. The fourth-order valence-corrected chi connectivity index (χ4v) is 1.90. The minimum Gasteiger partial charge on any atom is -0.381 e. The number of rotatable bonds is 4. The molecular formula is C10H18N4O. The summed E-state index contributed by atoms with van der Waals surface area (Å²) in [5.74, 6) is 2.08. The zero-order valence-electron chi connectivity index (χ0n) is 9.15. The van der Waals surface area contributed by atoms with Gasteiger partial charge in [-0.3, -0.25) is 0 Å². The summed E-state index contributed by atoms with van der Waals surface area (Å²) in [6.07, 6.45) is 2.79. The third-order valence-electron chi connectivity index (χ3n) is 2.73. The quantitative estimate of drug-likeness (QED) is 0.717. The Morgan fingerprint density at radius 2 is 2.40 bits per heavy atom. The molecule has 0 spiro atoms. The van der Waals surface area contributed by atoms with E-state index in [-0.39, 0.29) is 6.04 Å². The first-order valence-electron chi connectivity index (χ1n) is 5.55. The van der Waals surface area contributed by atoms with Crippen molar-refractivity contribution in [3.8, 4) is 0 Å². The van der Waals surface area contributed by atoms with Gasteiger partial charge in [0.05, 0.1) is 6.61 Å². The highest BCUT2D eigenvalue weighted by atomic mass is 16.5. The molecule has 2 heterocycles. The van der Waals surface area contributed by atoms with Gasteiger partial charge >= 0.3 is 0 Å². The fraction of sp³-hybridized carbons (Fsp3) is 0.800. The van der Waals surface area contributed by atoms with Crippen molar-refractivity contribution < 1.29 is 4.74 Å². The molecule has 5 heteroatoms. The Labute approximate surface area is 89.6 Å². The Hall–Kier alpha value is -0.940. The normalized spacial score (nSPS) is 20.3. The van der Waals surface area contributed by atoms with Gasteiger partial charge in [0.2, 0.25) is 0 Å². The van der Waals surface area contributed by atoms with Gasteiger partial charge in [0.15, 0.2) is 0 Å². The summed E-state index contributed by atoms with van der Waals surface area (Å²) in [6.45, 7) is 4.31. The van der Waals surface area contributed by atoms with Crippen LogP contribution in [0.15, 0.2) is 0 Å². The molecule has 15 heavy (non-hydrogen) atoms. The Morgan fingerprint density at radius 1 is 1.53 bits per heavy atom. The maximum atomic E-state index is 5.92. The van der Waals surface area contributed by atoms with E-state index in [0.29, 0.717) is 6.61 Å². The molecule has 0 aliphatic carbocycles. The van der Waals surface area contributed by atoms with E-state index in [1.807, 2.05) is 6.92 Å². The molecule has 0 saturated carbocycles. The molecule has 0 saturated heterocycles. The number of ether oxygens (including phenoxy) is 1.